The van der Waals surface area contributed by atoms with Gasteiger partial charge in [-0.2, -0.15) is 26.3 Å². The summed E-state index contributed by atoms with van der Waals surface area (Å²) in [6, 6.07) is 0. The van der Waals surface area contributed by atoms with Crippen molar-refractivity contribution in [2.24, 2.45) is 0 Å². The van der Waals surface area contributed by atoms with Crippen LogP contribution in [0.2, 0.25) is 0 Å². The Morgan fingerprint density at radius 3 is 0.917 bits per heavy atom. The van der Waals surface area contributed by atoms with Gasteiger partial charge in [-0.3, -0.25) is 0 Å². The molecule has 74 valence electrons. The molecule has 0 aliphatic carbocycles. The Kier molecular flexibility index (Phi) is 2.97. The van der Waals surface area contributed by atoms with Crippen LogP contribution in [0, 0.1) is 0 Å². The van der Waals surface area contributed by atoms with E-state index < -0.39 is 24.6 Å². The van der Waals surface area contributed by atoms with Gasteiger partial charge in [-0.15, -0.1) is 0 Å². The van der Waals surface area contributed by atoms with Gasteiger partial charge in [0, 0.05) is 0 Å². The highest BCUT2D eigenvalue weighted by atomic mass is 19.4. The molecule has 2 atom stereocenters. The number of hydrogen-bond donors (Lipinski definition) is 2. The quantitative estimate of drug-likeness (QED) is 0.612. The number of halogens is 6. The van der Waals surface area contributed by atoms with Crippen LogP contribution in [0.25, 0.3) is 0 Å². The third-order valence-corrected chi connectivity index (χ3v) is 0.970. The molecule has 0 aliphatic heterocycles. The first-order valence-electron chi connectivity index (χ1n) is 2.56. The molecule has 0 aromatic heterocycles. The molecule has 0 saturated carbocycles. The highest BCUT2D eigenvalue weighted by Crippen LogP contribution is 2.30. The van der Waals surface area contributed by atoms with Gasteiger partial charge in [0.2, 0.25) is 0 Å². The van der Waals surface area contributed by atoms with E-state index >= 15 is 0 Å². The number of hydrogen-bond acceptors (Lipinski definition) is 2. The molecule has 0 unspecified atom stereocenters. The van der Waals surface area contributed by atoms with Crippen molar-refractivity contribution in [3.05, 3.63) is 0 Å². The van der Waals surface area contributed by atoms with Gasteiger partial charge >= 0.3 is 12.4 Å². The minimum atomic E-state index is -5.48. The summed E-state index contributed by atoms with van der Waals surface area (Å²) in [5.74, 6) is 0. The van der Waals surface area contributed by atoms with E-state index in [0.29, 0.717) is 0 Å². The van der Waals surface area contributed by atoms with Crippen molar-refractivity contribution in [2.75, 3.05) is 0 Å². The number of aliphatic hydroxyl groups is 2. The summed E-state index contributed by atoms with van der Waals surface area (Å²) < 4.78 is 67.9. The average Bonchev–Trinajstić information content (AvgIpc) is 1.80. The molecule has 2 nitrogen and oxygen atoms in total. The predicted octanol–water partition coefficient (Wildman–Crippen LogP) is 0.833. The summed E-state index contributed by atoms with van der Waals surface area (Å²) in [6.45, 7) is 0. The van der Waals surface area contributed by atoms with E-state index in [1.54, 1.807) is 0 Å². The smallest absolute Gasteiger partial charge is 0.381 e. The van der Waals surface area contributed by atoms with Gasteiger partial charge < -0.3 is 10.2 Å². The van der Waals surface area contributed by atoms with Crippen LogP contribution in [-0.4, -0.2) is 34.8 Å². The van der Waals surface area contributed by atoms with Crippen LogP contribution in [0.1, 0.15) is 0 Å². The summed E-state index contributed by atoms with van der Waals surface area (Å²) >= 11 is 0. The van der Waals surface area contributed by atoms with E-state index in [-0.39, 0.29) is 0 Å². The molecule has 0 heterocycles. The molecule has 8 heteroatoms. The van der Waals surface area contributed by atoms with Crippen molar-refractivity contribution < 1.29 is 36.6 Å². The third-order valence-electron chi connectivity index (χ3n) is 0.970. The minimum absolute atomic E-state index is 3.79. The van der Waals surface area contributed by atoms with Gasteiger partial charge in [-0.05, 0) is 0 Å². The van der Waals surface area contributed by atoms with Gasteiger partial charge in [0.05, 0.1) is 0 Å². The largest absolute Gasteiger partial charge is 0.417 e. The van der Waals surface area contributed by atoms with Gasteiger partial charge in [-0.1, -0.05) is 0 Å². The summed E-state index contributed by atoms with van der Waals surface area (Å²) in [4.78, 5) is 0. The van der Waals surface area contributed by atoms with E-state index in [0.717, 1.165) is 0 Å². The SMILES string of the molecule is O[C@H]([C@@H](O)C(F)(F)F)C(F)(F)F. The van der Waals surface area contributed by atoms with Crippen LogP contribution < -0.4 is 0 Å². The van der Waals surface area contributed by atoms with Crippen LogP contribution in [0.3, 0.4) is 0 Å². The average molecular weight is 198 g/mol. The molecule has 0 bridgehead atoms. The van der Waals surface area contributed by atoms with Crippen LogP contribution in [-0.2, 0) is 0 Å². The van der Waals surface area contributed by atoms with E-state index in [1.807, 2.05) is 0 Å². The molecule has 0 fully saturated rings. The first-order valence-corrected chi connectivity index (χ1v) is 2.56. The van der Waals surface area contributed by atoms with E-state index in [9.17, 15) is 26.3 Å². The zero-order valence-electron chi connectivity index (χ0n) is 5.32. The van der Waals surface area contributed by atoms with Gasteiger partial charge in [0.25, 0.3) is 0 Å². The molecular formula is C4H4F6O2. The summed E-state index contributed by atoms with van der Waals surface area (Å²) in [5, 5.41) is 15.8. The van der Waals surface area contributed by atoms with Crippen molar-refractivity contribution >= 4 is 0 Å². The van der Waals surface area contributed by atoms with Crippen LogP contribution in [0.5, 0.6) is 0 Å². The lowest BCUT2D eigenvalue weighted by atomic mass is 10.2. The molecular weight excluding hydrogens is 194 g/mol. The standard InChI is InChI=1S/C4H4F6O2/c5-3(6,7)1(11)2(12)4(8,9)10/h1-2,11-12H/t1-,2-/m1/s1. The fourth-order valence-electron chi connectivity index (χ4n) is 0.358. The van der Waals surface area contributed by atoms with Gasteiger partial charge in [0.1, 0.15) is 0 Å². The lowest BCUT2D eigenvalue weighted by Crippen LogP contribution is -2.47. The highest BCUT2D eigenvalue weighted by Gasteiger charge is 2.53. The summed E-state index contributed by atoms with van der Waals surface area (Å²) in [6.07, 6.45) is -18.5. The molecule has 0 aliphatic rings. The first-order chi connectivity index (χ1) is 5.07. The fraction of sp³-hybridized carbons (Fsp3) is 1.00. The van der Waals surface area contributed by atoms with E-state index in [2.05, 4.69) is 0 Å². The van der Waals surface area contributed by atoms with Gasteiger partial charge in [-0.25, -0.2) is 0 Å². The Bertz CT molecular complexity index is 131. The van der Waals surface area contributed by atoms with Crippen LogP contribution in [0.4, 0.5) is 26.3 Å². The molecule has 2 N–H and O–H groups in total. The molecule has 0 amide bonds. The second-order valence-electron chi connectivity index (χ2n) is 1.97. The molecule has 0 rings (SSSR count). The molecule has 0 aromatic carbocycles. The van der Waals surface area contributed by atoms with Crippen molar-refractivity contribution in [3.63, 3.8) is 0 Å². The topological polar surface area (TPSA) is 40.5 Å². The Morgan fingerprint density at radius 1 is 0.667 bits per heavy atom. The first kappa shape index (κ1) is 11.5. The van der Waals surface area contributed by atoms with Crippen LogP contribution >= 0.6 is 0 Å². The van der Waals surface area contributed by atoms with Crippen LogP contribution in [0.15, 0.2) is 0 Å². The highest BCUT2D eigenvalue weighted by molar-refractivity contribution is 4.79. The monoisotopic (exact) mass is 198 g/mol. The fourth-order valence-corrected chi connectivity index (χ4v) is 0.358. The minimum Gasteiger partial charge on any atom is -0.381 e. The lowest BCUT2D eigenvalue weighted by molar-refractivity contribution is -0.293. The Balaban J connectivity index is 4.41. The zero-order chi connectivity index (χ0) is 10.2. The maximum atomic E-state index is 11.3. The molecule has 0 aromatic rings. The van der Waals surface area contributed by atoms with Crippen molar-refractivity contribution in [1.29, 1.82) is 0 Å². The van der Waals surface area contributed by atoms with Gasteiger partial charge in [0.15, 0.2) is 12.2 Å². The zero-order valence-corrected chi connectivity index (χ0v) is 5.32. The normalized spacial score (nSPS) is 19.0. The maximum Gasteiger partial charge on any atom is 0.417 e. The second-order valence-corrected chi connectivity index (χ2v) is 1.97. The summed E-state index contributed by atoms with van der Waals surface area (Å²) in [7, 11) is 0. The predicted molar refractivity (Wildman–Crippen MR) is 24.1 cm³/mol. The van der Waals surface area contributed by atoms with E-state index in [4.69, 9.17) is 10.2 Å². The van der Waals surface area contributed by atoms with Crippen molar-refractivity contribution in [3.8, 4) is 0 Å². The molecule has 0 saturated heterocycles. The Hall–Kier alpha value is -0.500. The second kappa shape index (κ2) is 3.09. The van der Waals surface area contributed by atoms with Crippen molar-refractivity contribution in [1.82, 2.24) is 0 Å². The third kappa shape index (κ3) is 2.86. The number of rotatable bonds is 1. The Morgan fingerprint density at radius 2 is 0.833 bits per heavy atom. The van der Waals surface area contributed by atoms with Crippen molar-refractivity contribution in [2.45, 2.75) is 24.6 Å². The molecule has 0 radical (unpaired) electrons. The summed E-state index contributed by atoms with van der Waals surface area (Å²) in [5.41, 5.74) is 0. The Labute approximate surface area is 62.4 Å². The molecule has 0 spiro atoms. The molecule has 12 heavy (non-hydrogen) atoms. The van der Waals surface area contributed by atoms with E-state index in [1.165, 1.54) is 0 Å². The lowest BCUT2D eigenvalue weighted by Gasteiger charge is -2.21. The maximum absolute atomic E-state index is 11.3. The number of alkyl halides is 6. The number of aliphatic hydroxyl groups excluding tert-OH is 2.